The van der Waals surface area contributed by atoms with Crippen molar-refractivity contribution in [3.8, 4) is 0 Å². The zero-order valence-electron chi connectivity index (χ0n) is 38.3. The van der Waals surface area contributed by atoms with Crippen LogP contribution in [0.5, 0.6) is 0 Å². The van der Waals surface area contributed by atoms with Gasteiger partial charge in [-0.1, -0.05) is 160 Å². The van der Waals surface area contributed by atoms with E-state index in [4.69, 9.17) is 20.9 Å². The number of hydrogen-bond donors (Lipinski definition) is 3. The predicted octanol–water partition coefficient (Wildman–Crippen LogP) is 2.99. The second-order valence-electron chi connectivity index (χ2n) is 16.6. The molecule has 13 heteroatoms. The molecular weight excluding hydrogens is 938 g/mol. The van der Waals surface area contributed by atoms with Crippen LogP contribution in [0.4, 0.5) is 0 Å². The Labute approximate surface area is 403 Å². The van der Waals surface area contributed by atoms with Gasteiger partial charge < -0.3 is 60.2 Å². The van der Waals surface area contributed by atoms with E-state index in [0.717, 1.165) is 51.4 Å². The maximum absolute atomic E-state index is 14.6. The normalized spacial score (nSPS) is 12.5. The van der Waals surface area contributed by atoms with Crippen molar-refractivity contribution in [2.24, 2.45) is 11.5 Å². The van der Waals surface area contributed by atoms with E-state index in [0.29, 0.717) is 28.1 Å². The minimum Gasteiger partial charge on any atom is -1.00 e. The number of dihydropyridines is 1. The number of pyridine rings is 2. The number of carbonyl (C=O) groups excluding carboxylic acids is 4. The molecule has 1 aliphatic rings. The molecule has 0 fully saturated rings. The maximum Gasteiger partial charge on any atom is 0.337 e. The average molecular weight is 1010 g/mol. The highest BCUT2D eigenvalue weighted by molar-refractivity contribution is 6.00. The first kappa shape index (κ1) is 55.8. The number of carbonyl (C=O) groups is 4. The van der Waals surface area contributed by atoms with Gasteiger partial charge in [0.15, 0.2) is 37.9 Å². The first-order valence-corrected chi connectivity index (χ1v) is 23.4. The molecule has 1 aliphatic heterocycles. The fraction of sp³-hybridized carbons (Fsp3) is 0.529. The third kappa shape index (κ3) is 19.4. The van der Waals surface area contributed by atoms with E-state index in [1.54, 1.807) is 58.2 Å². The summed E-state index contributed by atoms with van der Waals surface area (Å²) in [4.78, 5) is 53.6. The Morgan fingerprint density at radius 1 is 0.516 bits per heavy atom. The van der Waals surface area contributed by atoms with Gasteiger partial charge in [0.25, 0.3) is 11.8 Å². The van der Waals surface area contributed by atoms with Crippen LogP contribution in [0.1, 0.15) is 174 Å². The number of benzene rings is 1. The van der Waals surface area contributed by atoms with E-state index < -0.39 is 29.7 Å². The number of amides is 2. The van der Waals surface area contributed by atoms with Crippen LogP contribution in [-0.2, 0) is 32.2 Å². The smallest absolute Gasteiger partial charge is 0.337 e. The number of unbranched alkanes of at least 4 members (excludes halogenated alkanes) is 18. The molecule has 0 spiro atoms. The lowest BCUT2D eigenvalue weighted by Crippen LogP contribution is -3.00. The number of hydrogen-bond acceptors (Lipinski definition) is 7. The minimum atomic E-state index is -0.859. The van der Waals surface area contributed by atoms with Crippen molar-refractivity contribution in [1.29, 1.82) is 0 Å². The summed E-state index contributed by atoms with van der Waals surface area (Å²) in [5.41, 5.74) is 14.2. The third-order valence-corrected chi connectivity index (χ3v) is 11.5. The van der Waals surface area contributed by atoms with Crippen molar-refractivity contribution in [1.82, 2.24) is 5.32 Å². The second-order valence-corrected chi connectivity index (χ2v) is 16.6. The second kappa shape index (κ2) is 32.3. The molecule has 11 nitrogen and oxygen atoms in total. The molecule has 5 N–H and O–H groups in total. The number of ether oxygens (including phenoxy) is 2. The molecule has 4 rings (SSSR count). The van der Waals surface area contributed by atoms with Crippen LogP contribution < -0.4 is 59.9 Å². The molecule has 0 saturated heterocycles. The maximum atomic E-state index is 14.6. The van der Waals surface area contributed by atoms with Crippen LogP contribution in [-0.4, -0.2) is 37.0 Å². The van der Waals surface area contributed by atoms with Gasteiger partial charge in [0.05, 0.1) is 41.7 Å². The van der Waals surface area contributed by atoms with Gasteiger partial charge in [0.1, 0.15) is 11.1 Å². The molecule has 1 aromatic carbocycles. The summed E-state index contributed by atoms with van der Waals surface area (Å²) < 4.78 is 15.7. The van der Waals surface area contributed by atoms with E-state index in [2.05, 4.69) is 19.2 Å². The van der Waals surface area contributed by atoms with Crippen LogP contribution in [0, 0.1) is 0 Å². The Morgan fingerprint density at radius 3 is 1.23 bits per heavy atom. The molecule has 0 bridgehead atoms. The zero-order chi connectivity index (χ0) is 44.4. The number of allylic oxidation sites excluding steroid dienone is 2. The molecule has 2 amide bonds. The van der Waals surface area contributed by atoms with Gasteiger partial charge in [0.2, 0.25) is 0 Å². The summed E-state index contributed by atoms with van der Waals surface area (Å²) in [6, 6.07) is 16.2. The Morgan fingerprint density at radius 2 is 0.875 bits per heavy atom. The lowest BCUT2D eigenvalue weighted by Gasteiger charge is -2.31. The summed E-state index contributed by atoms with van der Waals surface area (Å²) in [5, 5.41) is 3.48. The summed E-state index contributed by atoms with van der Waals surface area (Å²) in [5.74, 6) is -3.09. The van der Waals surface area contributed by atoms with Gasteiger partial charge >= 0.3 is 11.9 Å². The highest BCUT2D eigenvalue weighted by Crippen LogP contribution is 2.40. The van der Waals surface area contributed by atoms with Crippen LogP contribution in [0.25, 0.3) is 0 Å². The standard InChI is InChI=1S/C51H71N5O6.2BrH/c1-3-5-7-9-11-13-15-17-19-24-34-61-50(59)46-43(38-55-32-26-30-41(36-55)48(52)57)54-44(39-56-33-27-31-42(37-56)49(53)58)47(45(46)40-28-22-21-23-29-40)51(60)62-35-25-20-18-16-14-12-10-8-6-4-2;;/h21-23,26-33,36-37,45H,3-20,24-25,34-35,38-39H2,1-2H3,(H3-2,52,53,54,57,58,59,60);2*1H. The van der Waals surface area contributed by atoms with E-state index >= 15 is 0 Å². The molecule has 0 atom stereocenters. The van der Waals surface area contributed by atoms with Gasteiger partial charge in [-0.25, -0.2) is 9.59 Å². The number of nitrogens with one attached hydrogen (secondary N) is 1. The van der Waals surface area contributed by atoms with E-state index in [1.807, 2.05) is 30.3 Å². The number of rotatable bonds is 31. The van der Waals surface area contributed by atoms with Crippen LogP contribution in [0.15, 0.2) is 102 Å². The number of nitrogens with zero attached hydrogens (tertiary/aromatic N) is 2. The number of halogens is 2. The topological polar surface area (TPSA) is 159 Å². The summed E-state index contributed by atoms with van der Waals surface area (Å²) in [6.07, 6.45) is 29.9. The number of primary amides is 2. The van der Waals surface area contributed by atoms with Gasteiger partial charge in [-0.3, -0.25) is 9.59 Å². The number of esters is 2. The van der Waals surface area contributed by atoms with Crippen LogP contribution >= 0.6 is 0 Å². The largest absolute Gasteiger partial charge is 1.00 e. The van der Waals surface area contributed by atoms with E-state index in [-0.39, 0.29) is 71.4 Å². The molecule has 64 heavy (non-hydrogen) atoms. The molecule has 3 heterocycles. The van der Waals surface area contributed by atoms with Crippen molar-refractivity contribution >= 4 is 23.8 Å². The molecule has 3 aromatic rings. The van der Waals surface area contributed by atoms with Gasteiger partial charge in [-0.15, -0.1) is 0 Å². The summed E-state index contributed by atoms with van der Waals surface area (Å²) >= 11 is 0. The molecule has 0 aliphatic carbocycles. The summed E-state index contributed by atoms with van der Waals surface area (Å²) in [6.45, 7) is 5.20. The van der Waals surface area contributed by atoms with Crippen LogP contribution in [0.3, 0.4) is 0 Å². The molecule has 2 aromatic heterocycles. The Balaban J connectivity index is 0.00000704. The van der Waals surface area contributed by atoms with E-state index in [1.165, 1.54) is 77.0 Å². The predicted molar refractivity (Wildman–Crippen MR) is 242 cm³/mol. The van der Waals surface area contributed by atoms with Crippen molar-refractivity contribution in [2.45, 2.75) is 161 Å². The molecule has 352 valence electrons. The van der Waals surface area contributed by atoms with Crippen molar-refractivity contribution < 1.29 is 71.7 Å². The van der Waals surface area contributed by atoms with Crippen LogP contribution in [0.2, 0.25) is 0 Å². The lowest BCUT2D eigenvalue weighted by atomic mass is 9.80. The van der Waals surface area contributed by atoms with Crippen molar-refractivity contribution in [3.05, 3.63) is 119 Å². The fourth-order valence-corrected chi connectivity index (χ4v) is 8.08. The fourth-order valence-electron chi connectivity index (χ4n) is 8.08. The number of nitrogens with two attached hydrogens (primary N) is 2. The third-order valence-electron chi connectivity index (χ3n) is 11.5. The van der Waals surface area contributed by atoms with Gasteiger partial charge in [0, 0.05) is 12.1 Å². The zero-order valence-corrected chi connectivity index (χ0v) is 41.5. The molecule has 0 saturated carbocycles. The first-order valence-electron chi connectivity index (χ1n) is 23.4. The molecular formula is C51H73Br2N5O6. The van der Waals surface area contributed by atoms with Crippen molar-refractivity contribution in [3.63, 3.8) is 0 Å². The Bertz CT molecular complexity index is 1820. The van der Waals surface area contributed by atoms with E-state index in [9.17, 15) is 19.2 Å². The lowest BCUT2D eigenvalue weighted by molar-refractivity contribution is -0.692. The first-order chi connectivity index (χ1) is 30.2. The SMILES string of the molecule is CCCCCCCCCCCCOC(=O)C1=C(C[n+]2cccc(C(N)=O)c2)NC(C[n+]2cccc(C(N)=O)c2)=C(C(=O)OCCCCCCCCCCCC)C1c1ccccc1.[Br-].[Br-]. The quantitative estimate of drug-likeness (QED) is 0.0509. The number of aromatic nitrogens is 2. The average Bonchev–Trinajstić information content (AvgIpc) is 3.27. The van der Waals surface area contributed by atoms with Gasteiger partial charge in [-0.2, -0.15) is 9.13 Å². The van der Waals surface area contributed by atoms with Gasteiger partial charge in [-0.05, 0) is 30.5 Å². The highest BCUT2D eigenvalue weighted by atomic mass is 79.9. The Hall–Kier alpha value is -4.36. The molecule has 0 unspecified atom stereocenters. The summed E-state index contributed by atoms with van der Waals surface area (Å²) in [7, 11) is 0. The highest BCUT2D eigenvalue weighted by Gasteiger charge is 2.42. The Kier molecular flexibility index (Phi) is 28.2. The monoisotopic (exact) mass is 1010 g/mol. The minimum absolute atomic E-state index is 0. The molecule has 0 radical (unpaired) electrons. The van der Waals surface area contributed by atoms with Crippen molar-refractivity contribution in [2.75, 3.05) is 13.2 Å².